The van der Waals surface area contributed by atoms with Crippen molar-refractivity contribution in [1.82, 2.24) is 0 Å². The maximum Gasteiger partial charge on any atom is -0.0311 e. The predicted octanol–water partition coefficient (Wildman–Crippen LogP) is 4.09. The van der Waals surface area contributed by atoms with Gasteiger partial charge in [0.2, 0.25) is 0 Å². The Hall–Kier alpha value is -0.520. The normalized spacial score (nSPS) is 11.5. The van der Waals surface area contributed by atoms with Crippen LogP contribution in [0.3, 0.4) is 0 Å². The van der Waals surface area contributed by atoms with Gasteiger partial charge in [0.15, 0.2) is 0 Å². The average Bonchev–Trinajstić information content (AvgIpc) is 1.97. The third kappa shape index (κ3) is 5.90. The summed E-state index contributed by atoms with van der Waals surface area (Å²) in [6, 6.07) is 0. The van der Waals surface area contributed by atoms with Crippen molar-refractivity contribution in [2.75, 3.05) is 0 Å². The molecule has 0 atom stereocenters. The molecule has 0 amide bonds. The Bertz CT molecular complexity index is 145. The average molecular weight is 152 g/mol. The highest BCUT2D eigenvalue weighted by Crippen LogP contribution is 2.08. The van der Waals surface area contributed by atoms with E-state index < -0.39 is 0 Å². The van der Waals surface area contributed by atoms with Crippen LogP contribution in [0.5, 0.6) is 0 Å². The fourth-order valence-electron chi connectivity index (χ4n) is 1.01. The molecule has 0 saturated heterocycles. The van der Waals surface area contributed by atoms with Crippen LogP contribution in [0.25, 0.3) is 0 Å². The number of rotatable bonds is 4. The SMILES string of the molecule is CCCC=C(C=C(C)C)CC. The lowest BCUT2D eigenvalue weighted by Gasteiger charge is -1.97. The molecule has 11 heavy (non-hydrogen) atoms. The van der Waals surface area contributed by atoms with E-state index in [1.54, 1.807) is 0 Å². The molecule has 0 fully saturated rings. The molecule has 0 aromatic carbocycles. The Labute approximate surface area is 71.0 Å². The third-order valence-corrected chi connectivity index (χ3v) is 1.58. The molecule has 0 aliphatic heterocycles. The van der Waals surface area contributed by atoms with Crippen molar-refractivity contribution in [1.29, 1.82) is 0 Å². The van der Waals surface area contributed by atoms with Gasteiger partial charge in [-0.3, -0.25) is 0 Å². The molecule has 0 heterocycles. The first-order valence-electron chi connectivity index (χ1n) is 4.54. The van der Waals surface area contributed by atoms with Gasteiger partial charge in [-0.2, -0.15) is 0 Å². The minimum absolute atomic E-state index is 1.16. The van der Waals surface area contributed by atoms with Crippen molar-refractivity contribution in [2.45, 2.75) is 47.0 Å². The van der Waals surface area contributed by atoms with Crippen LogP contribution in [0.2, 0.25) is 0 Å². The molecule has 0 aromatic heterocycles. The highest BCUT2D eigenvalue weighted by molar-refractivity contribution is 5.21. The second-order valence-corrected chi connectivity index (χ2v) is 3.14. The van der Waals surface area contributed by atoms with Gasteiger partial charge in [0, 0.05) is 0 Å². The highest BCUT2D eigenvalue weighted by atomic mass is 13.9. The summed E-state index contributed by atoms with van der Waals surface area (Å²) in [6.45, 7) is 8.72. The number of unbranched alkanes of at least 4 members (excludes halogenated alkanes) is 1. The molecule has 0 radical (unpaired) electrons. The van der Waals surface area contributed by atoms with Crippen molar-refractivity contribution in [3.63, 3.8) is 0 Å². The van der Waals surface area contributed by atoms with Crippen molar-refractivity contribution in [3.05, 3.63) is 23.3 Å². The summed E-state index contributed by atoms with van der Waals surface area (Å²) in [7, 11) is 0. The molecule has 0 aliphatic rings. The van der Waals surface area contributed by atoms with Crippen LogP contribution >= 0.6 is 0 Å². The summed E-state index contributed by atoms with van der Waals surface area (Å²) in [5.74, 6) is 0. The summed E-state index contributed by atoms with van der Waals surface area (Å²) >= 11 is 0. The first-order valence-corrected chi connectivity index (χ1v) is 4.54. The molecule has 0 aromatic rings. The molecule has 0 unspecified atom stereocenters. The monoisotopic (exact) mass is 152 g/mol. The second kappa shape index (κ2) is 6.21. The van der Waals surface area contributed by atoms with Crippen LogP contribution in [-0.4, -0.2) is 0 Å². The summed E-state index contributed by atoms with van der Waals surface area (Å²) in [5, 5.41) is 0. The van der Waals surface area contributed by atoms with Crippen LogP contribution in [0.4, 0.5) is 0 Å². The van der Waals surface area contributed by atoms with E-state index in [1.165, 1.54) is 24.0 Å². The third-order valence-electron chi connectivity index (χ3n) is 1.58. The summed E-state index contributed by atoms with van der Waals surface area (Å²) in [4.78, 5) is 0. The van der Waals surface area contributed by atoms with Crippen LogP contribution in [0.1, 0.15) is 47.0 Å². The fraction of sp³-hybridized carbons (Fsp3) is 0.636. The molecule has 0 bridgehead atoms. The van der Waals surface area contributed by atoms with E-state index in [4.69, 9.17) is 0 Å². The first kappa shape index (κ1) is 10.5. The molecule has 0 nitrogen and oxygen atoms in total. The van der Waals surface area contributed by atoms with Gasteiger partial charge in [0.1, 0.15) is 0 Å². The molecule has 0 heteroatoms. The summed E-state index contributed by atoms with van der Waals surface area (Å²) < 4.78 is 0. The predicted molar refractivity (Wildman–Crippen MR) is 52.7 cm³/mol. The standard InChI is InChI=1S/C11H20/c1-5-7-8-11(6-2)9-10(3)4/h8-9H,5-7H2,1-4H3. The zero-order valence-corrected chi connectivity index (χ0v) is 8.28. The Balaban J connectivity index is 4.05. The van der Waals surface area contributed by atoms with Gasteiger partial charge >= 0.3 is 0 Å². The van der Waals surface area contributed by atoms with Crippen LogP contribution < -0.4 is 0 Å². The Kier molecular flexibility index (Phi) is 5.91. The Morgan fingerprint density at radius 2 is 1.82 bits per heavy atom. The van der Waals surface area contributed by atoms with Crippen molar-refractivity contribution >= 4 is 0 Å². The number of hydrogen-bond donors (Lipinski definition) is 0. The minimum atomic E-state index is 1.16. The van der Waals surface area contributed by atoms with E-state index >= 15 is 0 Å². The molecule has 0 aliphatic carbocycles. The topological polar surface area (TPSA) is 0 Å². The van der Waals surface area contributed by atoms with Gasteiger partial charge in [0.05, 0.1) is 0 Å². The summed E-state index contributed by atoms with van der Waals surface area (Å²) in [5.41, 5.74) is 2.88. The van der Waals surface area contributed by atoms with Gasteiger partial charge < -0.3 is 0 Å². The maximum absolute atomic E-state index is 2.34. The number of hydrogen-bond acceptors (Lipinski definition) is 0. The van der Waals surface area contributed by atoms with Gasteiger partial charge in [-0.25, -0.2) is 0 Å². The van der Waals surface area contributed by atoms with Gasteiger partial charge in [-0.15, -0.1) is 0 Å². The van der Waals surface area contributed by atoms with Gasteiger partial charge in [-0.05, 0) is 26.7 Å². The lowest BCUT2D eigenvalue weighted by atomic mass is 10.1. The van der Waals surface area contributed by atoms with E-state index in [-0.39, 0.29) is 0 Å². The Morgan fingerprint density at radius 3 is 2.18 bits per heavy atom. The zero-order valence-electron chi connectivity index (χ0n) is 8.28. The van der Waals surface area contributed by atoms with Crippen molar-refractivity contribution in [3.8, 4) is 0 Å². The fourth-order valence-corrected chi connectivity index (χ4v) is 1.01. The molecular formula is C11H20. The van der Waals surface area contributed by atoms with Crippen molar-refractivity contribution in [2.24, 2.45) is 0 Å². The van der Waals surface area contributed by atoms with E-state index in [1.807, 2.05) is 0 Å². The highest BCUT2D eigenvalue weighted by Gasteiger charge is 1.87. The van der Waals surface area contributed by atoms with Crippen molar-refractivity contribution < 1.29 is 0 Å². The lowest BCUT2D eigenvalue weighted by molar-refractivity contribution is 0.941. The van der Waals surface area contributed by atoms with E-state index in [0.29, 0.717) is 0 Å². The smallest absolute Gasteiger partial charge is 0.0311 e. The zero-order chi connectivity index (χ0) is 8.69. The van der Waals surface area contributed by atoms with Gasteiger partial charge in [-0.1, -0.05) is 43.6 Å². The molecular weight excluding hydrogens is 132 g/mol. The van der Waals surface area contributed by atoms with E-state index in [0.717, 1.165) is 6.42 Å². The number of allylic oxidation sites excluding steroid dienone is 4. The molecule has 64 valence electrons. The van der Waals surface area contributed by atoms with E-state index in [9.17, 15) is 0 Å². The van der Waals surface area contributed by atoms with E-state index in [2.05, 4.69) is 39.8 Å². The molecule has 0 spiro atoms. The van der Waals surface area contributed by atoms with Gasteiger partial charge in [0.25, 0.3) is 0 Å². The lowest BCUT2D eigenvalue weighted by Crippen LogP contribution is -1.77. The van der Waals surface area contributed by atoms with Crippen LogP contribution in [0.15, 0.2) is 23.3 Å². The quantitative estimate of drug-likeness (QED) is 0.532. The van der Waals surface area contributed by atoms with Crippen LogP contribution in [-0.2, 0) is 0 Å². The Morgan fingerprint density at radius 1 is 1.18 bits per heavy atom. The van der Waals surface area contributed by atoms with Crippen LogP contribution in [0, 0.1) is 0 Å². The maximum atomic E-state index is 2.34. The minimum Gasteiger partial charge on any atom is -0.0813 e. The molecule has 0 N–H and O–H groups in total. The first-order chi connectivity index (χ1) is 5.20. The molecule has 0 rings (SSSR count). The molecule has 0 saturated carbocycles. The second-order valence-electron chi connectivity index (χ2n) is 3.14. The largest absolute Gasteiger partial charge is 0.0813 e. The summed E-state index contributed by atoms with van der Waals surface area (Å²) in [6.07, 6.45) is 8.24.